The van der Waals surface area contributed by atoms with Crippen molar-refractivity contribution in [2.45, 2.75) is 33.2 Å². The second-order valence-electron chi connectivity index (χ2n) is 8.84. The van der Waals surface area contributed by atoms with Crippen LogP contribution in [0.1, 0.15) is 42.7 Å². The molecule has 0 spiro atoms. The molecule has 3 aromatic heterocycles. The fourth-order valence-corrected chi connectivity index (χ4v) is 4.31. The van der Waals surface area contributed by atoms with E-state index in [2.05, 4.69) is 31.0 Å². The summed E-state index contributed by atoms with van der Waals surface area (Å²) in [7, 11) is 0. The first kappa shape index (κ1) is 18.4. The fourth-order valence-electron chi connectivity index (χ4n) is 4.31. The highest BCUT2D eigenvalue weighted by Crippen LogP contribution is 2.46. The maximum Gasteiger partial charge on any atom is 0.341 e. The van der Waals surface area contributed by atoms with Gasteiger partial charge in [0.15, 0.2) is 11.2 Å². The molecule has 152 valence electrons. The van der Waals surface area contributed by atoms with Crippen molar-refractivity contribution < 1.29 is 14.3 Å². The van der Waals surface area contributed by atoms with E-state index in [4.69, 9.17) is 4.42 Å². The van der Waals surface area contributed by atoms with E-state index in [-0.39, 0.29) is 17.0 Å². The van der Waals surface area contributed by atoms with Gasteiger partial charge in [-0.15, -0.1) is 0 Å². The van der Waals surface area contributed by atoms with Crippen LogP contribution in [0.3, 0.4) is 0 Å². The topological polar surface area (TPSA) is 101 Å². The van der Waals surface area contributed by atoms with E-state index in [1.807, 2.05) is 29.0 Å². The number of carboxylic acid groups (broad SMARTS) is 1. The number of carboxylic acids is 1. The number of nitrogens with one attached hydrogen (secondary N) is 1. The minimum absolute atomic E-state index is 0.0203. The SMILES string of the molecule is CC(C)(C)[C@@H]1Cc2c(oc3cc(-c4cn[nH]c4)ccc23)-c2cc(=O)c(C(=O)O)cn21. The summed E-state index contributed by atoms with van der Waals surface area (Å²) >= 11 is 0. The molecule has 0 saturated carbocycles. The third kappa shape index (κ3) is 2.69. The largest absolute Gasteiger partial charge is 0.477 e. The van der Waals surface area contributed by atoms with E-state index in [0.717, 1.165) is 27.7 Å². The van der Waals surface area contributed by atoms with Crippen LogP contribution in [0.2, 0.25) is 0 Å². The molecule has 0 aliphatic carbocycles. The summed E-state index contributed by atoms with van der Waals surface area (Å²) in [6, 6.07) is 7.41. The predicted molar refractivity (Wildman–Crippen MR) is 113 cm³/mol. The zero-order valence-electron chi connectivity index (χ0n) is 16.9. The molecule has 0 saturated heterocycles. The Balaban J connectivity index is 1.77. The summed E-state index contributed by atoms with van der Waals surface area (Å²) in [6.07, 6.45) is 5.72. The lowest BCUT2D eigenvalue weighted by atomic mass is 9.79. The van der Waals surface area contributed by atoms with Crippen molar-refractivity contribution in [2.24, 2.45) is 5.41 Å². The first-order valence-electron chi connectivity index (χ1n) is 9.78. The molecule has 0 amide bonds. The van der Waals surface area contributed by atoms with E-state index in [1.54, 1.807) is 6.20 Å². The average Bonchev–Trinajstić information content (AvgIpc) is 3.33. The summed E-state index contributed by atoms with van der Waals surface area (Å²) in [5.41, 5.74) is 3.43. The van der Waals surface area contributed by atoms with Crippen LogP contribution in [0, 0.1) is 5.41 Å². The molecule has 4 heterocycles. The number of furan rings is 1. The summed E-state index contributed by atoms with van der Waals surface area (Å²) in [5, 5.41) is 17.3. The number of hydrogen-bond donors (Lipinski definition) is 2. The second-order valence-corrected chi connectivity index (χ2v) is 8.84. The standard InChI is InChI=1S/C23H21N3O4/c1-23(2,3)20-7-15-14-5-4-12(13-9-24-25-10-13)6-19(14)30-21(15)17-8-18(27)16(22(28)29)11-26(17)20/h4-6,8-11,20H,7H2,1-3H3,(H,24,25)(H,28,29)/t20-/m0/s1. The van der Waals surface area contributed by atoms with Gasteiger partial charge >= 0.3 is 5.97 Å². The molecule has 30 heavy (non-hydrogen) atoms. The summed E-state index contributed by atoms with van der Waals surface area (Å²) in [6.45, 7) is 6.35. The molecule has 1 aromatic carbocycles. The van der Waals surface area contributed by atoms with E-state index in [9.17, 15) is 14.7 Å². The lowest BCUT2D eigenvalue weighted by Gasteiger charge is -2.37. The molecular formula is C23H21N3O4. The maximum absolute atomic E-state index is 12.5. The summed E-state index contributed by atoms with van der Waals surface area (Å²) < 4.78 is 8.13. The summed E-state index contributed by atoms with van der Waals surface area (Å²) in [4.78, 5) is 24.0. The molecule has 1 aliphatic heterocycles. The number of nitrogens with zero attached hydrogens (tertiary/aromatic N) is 2. The minimum Gasteiger partial charge on any atom is -0.477 e. The number of benzene rings is 1. The van der Waals surface area contributed by atoms with Gasteiger partial charge in [-0.25, -0.2) is 4.79 Å². The Bertz CT molecular complexity index is 1350. The molecule has 1 atom stereocenters. The molecule has 7 nitrogen and oxygen atoms in total. The van der Waals surface area contributed by atoms with Gasteiger partial charge < -0.3 is 14.1 Å². The molecule has 1 aliphatic rings. The van der Waals surface area contributed by atoms with Crippen molar-refractivity contribution in [2.75, 3.05) is 0 Å². The molecule has 0 radical (unpaired) electrons. The number of pyridine rings is 1. The van der Waals surface area contributed by atoms with Crippen LogP contribution in [0.15, 0.2) is 52.1 Å². The van der Waals surface area contributed by atoms with Crippen molar-refractivity contribution in [3.8, 4) is 22.6 Å². The lowest BCUT2D eigenvalue weighted by Crippen LogP contribution is -2.32. The number of carbonyl (C=O) groups is 1. The lowest BCUT2D eigenvalue weighted by molar-refractivity contribution is 0.0693. The molecule has 0 bridgehead atoms. The van der Waals surface area contributed by atoms with Crippen molar-refractivity contribution in [3.05, 3.63) is 64.2 Å². The van der Waals surface area contributed by atoms with Crippen LogP contribution < -0.4 is 5.43 Å². The van der Waals surface area contributed by atoms with Crippen LogP contribution in [-0.2, 0) is 6.42 Å². The summed E-state index contributed by atoms with van der Waals surface area (Å²) in [5.74, 6) is -0.591. The molecular weight excluding hydrogens is 382 g/mol. The van der Waals surface area contributed by atoms with Gasteiger partial charge in [0.1, 0.15) is 11.1 Å². The van der Waals surface area contributed by atoms with Crippen LogP contribution in [0.5, 0.6) is 0 Å². The van der Waals surface area contributed by atoms with Crippen molar-refractivity contribution in [3.63, 3.8) is 0 Å². The van der Waals surface area contributed by atoms with Gasteiger partial charge in [0.25, 0.3) is 0 Å². The average molecular weight is 403 g/mol. The van der Waals surface area contributed by atoms with Crippen molar-refractivity contribution >= 4 is 16.9 Å². The molecule has 5 rings (SSSR count). The number of fused-ring (bicyclic) bond motifs is 5. The van der Waals surface area contributed by atoms with Gasteiger partial charge in [0.2, 0.25) is 0 Å². The third-order valence-corrected chi connectivity index (χ3v) is 5.90. The molecule has 2 N–H and O–H groups in total. The number of hydrogen-bond acceptors (Lipinski definition) is 4. The predicted octanol–water partition coefficient (Wildman–Crippen LogP) is 4.49. The first-order chi connectivity index (χ1) is 14.2. The van der Waals surface area contributed by atoms with E-state index >= 15 is 0 Å². The Morgan fingerprint density at radius 2 is 2.07 bits per heavy atom. The highest BCUT2D eigenvalue weighted by Gasteiger charge is 2.36. The Labute approximate surface area is 172 Å². The Kier molecular flexibility index (Phi) is 3.80. The minimum atomic E-state index is -1.22. The van der Waals surface area contributed by atoms with Gasteiger partial charge in [-0.1, -0.05) is 32.9 Å². The normalized spacial score (nSPS) is 15.8. The van der Waals surface area contributed by atoms with Gasteiger partial charge in [0.05, 0.1) is 11.9 Å². The third-order valence-electron chi connectivity index (χ3n) is 5.90. The number of aromatic amines is 1. The van der Waals surface area contributed by atoms with Crippen LogP contribution in [0.25, 0.3) is 33.6 Å². The molecule has 0 fully saturated rings. The van der Waals surface area contributed by atoms with Gasteiger partial charge in [-0.3, -0.25) is 9.89 Å². The zero-order chi connectivity index (χ0) is 21.2. The Hall–Kier alpha value is -3.61. The number of H-pyrrole nitrogens is 1. The zero-order valence-corrected chi connectivity index (χ0v) is 16.9. The second kappa shape index (κ2) is 6.19. The first-order valence-corrected chi connectivity index (χ1v) is 9.78. The highest BCUT2D eigenvalue weighted by molar-refractivity contribution is 5.92. The van der Waals surface area contributed by atoms with E-state index in [0.29, 0.717) is 17.9 Å². The Morgan fingerprint density at radius 1 is 1.27 bits per heavy atom. The molecule has 0 unspecified atom stereocenters. The Morgan fingerprint density at radius 3 is 2.73 bits per heavy atom. The smallest absolute Gasteiger partial charge is 0.341 e. The molecule has 4 aromatic rings. The van der Waals surface area contributed by atoms with Crippen LogP contribution in [0.4, 0.5) is 0 Å². The highest BCUT2D eigenvalue weighted by atomic mass is 16.4. The molecule has 7 heteroatoms. The van der Waals surface area contributed by atoms with Crippen molar-refractivity contribution in [1.29, 1.82) is 0 Å². The van der Waals surface area contributed by atoms with E-state index in [1.165, 1.54) is 12.3 Å². The van der Waals surface area contributed by atoms with Gasteiger partial charge in [-0.05, 0) is 23.5 Å². The van der Waals surface area contributed by atoms with Gasteiger partial charge in [-0.2, -0.15) is 5.10 Å². The van der Waals surface area contributed by atoms with Crippen LogP contribution >= 0.6 is 0 Å². The number of rotatable bonds is 2. The van der Waals surface area contributed by atoms with E-state index < -0.39 is 11.4 Å². The fraction of sp³-hybridized carbons (Fsp3) is 0.261. The van der Waals surface area contributed by atoms with Gasteiger partial charge in [0, 0.05) is 41.0 Å². The van der Waals surface area contributed by atoms with Crippen LogP contribution in [-0.4, -0.2) is 25.8 Å². The quantitative estimate of drug-likeness (QED) is 0.513. The van der Waals surface area contributed by atoms with Crippen molar-refractivity contribution in [1.82, 2.24) is 14.8 Å². The number of aromatic carboxylic acids is 1. The number of aromatic nitrogens is 3. The monoisotopic (exact) mass is 403 g/mol. The maximum atomic E-state index is 12.5.